The van der Waals surface area contributed by atoms with Crippen molar-refractivity contribution in [3.8, 4) is 11.1 Å². The average molecular weight is 486 g/mol. The number of carbonyl (C=O) groups excluding carboxylic acids is 2. The maximum atomic E-state index is 14.2. The molecular formula is C25H24F2N2O6. The summed E-state index contributed by atoms with van der Waals surface area (Å²) in [5.41, 5.74) is 4.25. The fraction of sp³-hybridized carbons (Fsp3) is 0.400. The molecule has 3 aliphatic rings. The van der Waals surface area contributed by atoms with E-state index in [-0.39, 0.29) is 32.2 Å². The number of nitrogens with zero attached hydrogens (tertiary/aromatic N) is 1. The monoisotopic (exact) mass is 486 g/mol. The zero-order chi connectivity index (χ0) is 24.7. The Hall–Kier alpha value is -3.53. The lowest BCUT2D eigenvalue weighted by atomic mass is 9.98. The number of fused-ring (bicyclic) bond motifs is 3. The van der Waals surface area contributed by atoms with Crippen LogP contribution in [0.2, 0.25) is 0 Å². The molecular weight excluding hydrogens is 462 g/mol. The summed E-state index contributed by atoms with van der Waals surface area (Å²) in [7, 11) is 0. The minimum absolute atomic E-state index is 0.0643. The number of aliphatic carboxylic acids is 1. The molecule has 0 spiro atoms. The van der Waals surface area contributed by atoms with E-state index in [9.17, 15) is 23.2 Å². The summed E-state index contributed by atoms with van der Waals surface area (Å²) < 4.78 is 38.9. The van der Waals surface area contributed by atoms with E-state index >= 15 is 0 Å². The fourth-order valence-electron chi connectivity index (χ4n) is 4.93. The van der Waals surface area contributed by atoms with Crippen molar-refractivity contribution in [1.82, 2.24) is 10.2 Å². The predicted octanol–water partition coefficient (Wildman–Crippen LogP) is 2.72. The zero-order valence-electron chi connectivity index (χ0n) is 18.7. The Morgan fingerprint density at radius 3 is 2.23 bits per heavy atom. The van der Waals surface area contributed by atoms with E-state index in [1.54, 1.807) is 0 Å². The molecule has 2 aromatic carbocycles. The van der Waals surface area contributed by atoms with Crippen molar-refractivity contribution in [2.45, 2.75) is 17.9 Å². The molecule has 2 fully saturated rings. The number of hydrogen-bond donors (Lipinski definition) is 2. The summed E-state index contributed by atoms with van der Waals surface area (Å²) in [6.45, 7) is -0.670. The number of nitrogens with one attached hydrogen (secondary N) is 1. The normalized spacial score (nSPS) is 22.1. The van der Waals surface area contributed by atoms with Crippen LogP contribution in [-0.4, -0.2) is 72.9 Å². The van der Waals surface area contributed by atoms with Crippen LogP contribution in [0.3, 0.4) is 0 Å². The first-order valence-electron chi connectivity index (χ1n) is 11.4. The van der Waals surface area contributed by atoms with Crippen molar-refractivity contribution < 1.29 is 37.7 Å². The largest absolute Gasteiger partial charge is 0.480 e. The smallest absolute Gasteiger partial charge is 0.407 e. The maximum absolute atomic E-state index is 14.2. The molecule has 2 aromatic rings. The molecule has 1 saturated carbocycles. The van der Waals surface area contributed by atoms with Gasteiger partial charge in [0.1, 0.15) is 19.1 Å². The minimum Gasteiger partial charge on any atom is -0.480 e. The second kappa shape index (κ2) is 8.92. The number of alkyl halides is 2. The Labute approximate surface area is 199 Å². The van der Waals surface area contributed by atoms with Gasteiger partial charge in [0.15, 0.2) is 0 Å². The number of carboxylic acids is 1. The third kappa shape index (κ3) is 4.34. The number of alkyl carbamates (subject to hydrolysis) is 1. The molecule has 2 aliphatic carbocycles. The highest BCUT2D eigenvalue weighted by molar-refractivity contribution is 5.85. The molecule has 8 nitrogen and oxygen atoms in total. The lowest BCUT2D eigenvalue weighted by molar-refractivity contribution is -0.156. The topological polar surface area (TPSA) is 105 Å². The van der Waals surface area contributed by atoms with Crippen molar-refractivity contribution in [3.63, 3.8) is 0 Å². The summed E-state index contributed by atoms with van der Waals surface area (Å²) in [5.74, 6) is -8.05. The Morgan fingerprint density at radius 2 is 1.63 bits per heavy atom. The van der Waals surface area contributed by atoms with Gasteiger partial charge >= 0.3 is 12.1 Å². The van der Waals surface area contributed by atoms with Crippen LogP contribution in [0.1, 0.15) is 17.0 Å². The van der Waals surface area contributed by atoms with Gasteiger partial charge in [-0.3, -0.25) is 4.79 Å². The average Bonchev–Trinajstić information content (AvgIpc) is 3.21. The van der Waals surface area contributed by atoms with Crippen LogP contribution in [0.5, 0.6) is 0 Å². The number of hydrogen-bond acceptors (Lipinski definition) is 5. The molecule has 10 heteroatoms. The van der Waals surface area contributed by atoms with Crippen LogP contribution in [-0.2, 0) is 19.1 Å². The molecule has 2 atom stereocenters. The molecule has 0 aromatic heterocycles. The van der Waals surface area contributed by atoms with Crippen molar-refractivity contribution >= 4 is 18.0 Å². The first-order valence-corrected chi connectivity index (χ1v) is 11.4. The van der Waals surface area contributed by atoms with Crippen LogP contribution >= 0.6 is 0 Å². The van der Waals surface area contributed by atoms with Gasteiger partial charge in [0.2, 0.25) is 5.91 Å². The summed E-state index contributed by atoms with van der Waals surface area (Å²) >= 11 is 0. The third-order valence-corrected chi connectivity index (χ3v) is 6.88. The van der Waals surface area contributed by atoms with E-state index in [0.717, 1.165) is 22.3 Å². The Kier molecular flexibility index (Phi) is 5.92. The van der Waals surface area contributed by atoms with E-state index in [1.807, 2.05) is 48.5 Å². The molecule has 0 bridgehead atoms. The Bertz CT molecular complexity index is 1120. The van der Waals surface area contributed by atoms with Crippen LogP contribution in [0.4, 0.5) is 13.6 Å². The van der Waals surface area contributed by atoms with Crippen LogP contribution in [0.15, 0.2) is 48.5 Å². The lowest BCUT2D eigenvalue weighted by Gasteiger charge is -2.38. The van der Waals surface area contributed by atoms with E-state index in [0.29, 0.717) is 0 Å². The highest BCUT2D eigenvalue weighted by atomic mass is 19.3. The van der Waals surface area contributed by atoms with Gasteiger partial charge in [0.05, 0.1) is 12.0 Å². The first-order chi connectivity index (χ1) is 16.8. The zero-order valence-corrected chi connectivity index (χ0v) is 18.7. The van der Waals surface area contributed by atoms with Crippen LogP contribution in [0.25, 0.3) is 11.1 Å². The number of likely N-dealkylation sites (tertiary alicyclic amines) is 1. The van der Waals surface area contributed by atoms with Gasteiger partial charge in [0.25, 0.3) is 5.92 Å². The number of benzene rings is 2. The molecule has 1 aliphatic heterocycles. The third-order valence-electron chi connectivity index (χ3n) is 6.88. The summed E-state index contributed by atoms with van der Waals surface area (Å²) in [6, 6.07) is 15.7. The highest BCUT2D eigenvalue weighted by Gasteiger charge is 2.72. The van der Waals surface area contributed by atoms with Crippen molar-refractivity contribution in [1.29, 1.82) is 0 Å². The molecule has 184 valence electrons. The van der Waals surface area contributed by atoms with E-state index < -0.39 is 48.4 Å². The standard InChI is InChI=1S/C25H24F2N2O6/c26-25(27)20(22(25)23(32)29-10-14(11-29)34-13-21(30)31)9-28-24(33)35-12-19-17-7-3-1-5-15(17)16-6-2-4-8-18(16)19/h1-8,14,19-20,22H,9-13H2,(H,28,33)(H,30,31)/t20-,22-/m0/s1. The van der Waals surface area contributed by atoms with Crippen molar-refractivity contribution in [3.05, 3.63) is 59.7 Å². The molecule has 0 unspecified atom stereocenters. The minimum atomic E-state index is -3.22. The molecule has 35 heavy (non-hydrogen) atoms. The first kappa shape index (κ1) is 23.2. The van der Waals surface area contributed by atoms with E-state index in [1.165, 1.54) is 4.90 Å². The fourth-order valence-corrected chi connectivity index (χ4v) is 4.93. The summed E-state index contributed by atoms with van der Waals surface area (Å²) in [6.07, 6.45) is -1.29. The molecule has 5 rings (SSSR count). The SMILES string of the molecule is O=C(O)COC1CN(C(=O)[C@@H]2[C@H](CNC(=O)OCC3c4ccccc4-c4ccccc43)C2(F)F)C1. The number of halogens is 2. The number of amides is 2. The van der Waals surface area contributed by atoms with Crippen LogP contribution < -0.4 is 5.32 Å². The predicted molar refractivity (Wildman–Crippen MR) is 119 cm³/mol. The molecule has 0 radical (unpaired) electrons. The van der Waals surface area contributed by atoms with Crippen molar-refractivity contribution in [2.75, 3.05) is 32.8 Å². The second-order valence-corrected chi connectivity index (χ2v) is 9.04. The van der Waals surface area contributed by atoms with E-state index in [4.69, 9.17) is 14.6 Å². The van der Waals surface area contributed by atoms with Gasteiger partial charge in [-0.25, -0.2) is 18.4 Å². The van der Waals surface area contributed by atoms with Crippen molar-refractivity contribution in [2.24, 2.45) is 11.8 Å². The van der Waals surface area contributed by atoms with Gasteiger partial charge in [-0.05, 0) is 22.3 Å². The highest BCUT2D eigenvalue weighted by Crippen LogP contribution is 2.56. The Balaban J connectivity index is 1.11. The van der Waals surface area contributed by atoms with Crippen LogP contribution in [0, 0.1) is 11.8 Å². The van der Waals surface area contributed by atoms with Gasteiger partial charge in [-0.2, -0.15) is 0 Å². The van der Waals surface area contributed by atoms with Gasteiger partial charge < -0.3 is 24.8 Å². The summed E-state index contributed by atoms with van der Waals surface area (Å²) in [5, 5.41) is 11.0. The molecule has 1 saturated heterocycles. The Morgan fingerprint density at radius 1 is 1.03 bits per heavy atom. The molecule has 2 amide bonds. The number of ether oxygens (including phenoxy) is 2. The maximum Gasteiger partial charge on any atom is 0.407 e. The number of rotatable bonds is 8. The van der Waals surface area contributed by atoms with Gasteiger partial charge in [-0.1, -0.05) is 48.5 Å². The summed E-state index contributed by atoms with van der Waals surface area (Å²) in [4.78, 5) is 36.4. The lowest BCUT2D eigenvalue weighted by Crippen LogP contribution is -2.56. The quantitative estimate of drug-likeness (QED) is 0.595. The van der Waals surface area contributed by atoms with E-state index in [2.05, 4.69) is 5.32 Å². The number of carboxylic acid groups (broad SMARTS) is 1. The second-order valence-electron chi connectivity index (χ2n) is 9.04. The molecule has 2 N–H and O–H groups in total. The molecule has 1 heterocycles. The van der Waals surface area contributed by atoms with Gasteiger partial charge in [0, 0.05) is 25.6 Å². The van der Waals surface area contributed by atoms with Gasteiger partial charge in [-0.15, -0.1) is 0 Å². The number of carbonyl (C=O) groups is 3.